The molecule has 1 aromatic heterocycles. The number of aliphatic hydroxyl groups is 1. The number of thiophene rings is 1. The summed E-state index contributed by atoms with van der Waals surface area (Å²) in [6, 6.07) is 4.96. The van der Waals surface area contributed by atoms with Gasteiger partial charge in [0, 0.05) is 24.1 Å². The third kappa shape index (κ3) is 3.08. The van der Waals surface area contributed by atoms with Crippen molar-refractivity contribution in [2.24, 2.45) is 5.92 Å². The Morgan fingerprint density at radius 1 is 1.57 bits per heavy atom. The fourth-order valence-electron chi connectivity index (χ4n) is 1.54. The molecular formula is C11H17NOS. The van der Waals surface area contributed by atoms with Crippen LogP contribution in [0.15, 0.2) is 17.5 Å². The van der Waals surface area contributed by atoms with E-state index in [1.165, 1.54) is 17.7 Å². The second-order valence-corrected chi connectivity index (χ2v) is 5.05. The number of rotatable bonds is 6. The topological polar surface area (TPSA) is 32.3 Å². The molecule has 0 saturated heterocycles. The van der Waals surface area contributed by atoms with Gasteiger partial charge in [-0.3, -0.25) is 0 Å². The zero-order valence-electron chi connectivity index (χ0n) is 8.28. The van der Waals surface area contributed by atoms with Crippen molar-refractivity contribution >= 4 is 11.3 Å². The highest BCUT2D eigenvalue weighted by Crippen LogP contribution is 2.20. The maximum absolute atomic E-state index is 9.22. The van der Waals surface area contributed by atoms with Gasteiger partial charge in [0.2, 0.25) is 0 Å². The minimum Gasteiger partial charge on any atom is -0.396 e. The SMILES string of the molecule is OCC(CNC1CC1)Cc1cccs1. The monoisotopic (exact) mass is 211 g/mol. The molecule has 2 nitrogen and oxygen atoms in total. The van der Waals surface area contributed by atoms with Gasteiger partial charge in [-0.1, -0.05) is 6.07 Å². The van der Waals surface area contributed by atoms with E-state index in [1.807, 2.05) is 0 Å². The predicted octanol–water partition coefficient (Wildman–Crippen LogP) is 1.65. The molecule has 1 saturated carbocycles. The molecule has 0 aliphatic heterocycles. The molecule has 1 aliphatic rings. The van der Waals surface area contributed by atoms with E-state index in [0.717, 1.165) is 19.0 Å². The van der Waals surface area contributed by atoms with E-state index in [2.05, 4.69) is 22.8 Å². The molecule has 0 amide bonds. The first-order valence-electron chi connectivity index (χ1n) is 5.25. The molecule has 0 aromatic carbocycles. The van der Waals surface area contributed by atoms with Crippen LogP contribution in [0.5, 0.6) is 0 Å². The molecule has 1 aromatic rings. The van der Waals surface area contributed by atoms with Gasteiger partial charge in [0.25, 0.3) is 0 Å². The zero-order chi connectivity index (χ0) is 9.80. The lowest BCUT2D eigenvalue weighted by Crippen LogP contribution is -2.28. The Bertz CT molecular complexity index is 256. The molecule has 1 atom stereocenters. The molecule has 2 N–H and O–H groups in total. The summed E-state index contributed by atoms with van der Waals surface area (Å²) in [6.45, 7) is 1.25. The van der Waals surface area contributed by atoms with Gasteiger partial charge in [0.1, 0.15) is 0 Å². The summed E-state index contributed by atoms with van der Waals surface area (Å²) < 4.78 is 0. The van der Waals surface area contributed by atoms with Gasteiger partial charge in [-0.05, 0) is 36.6 Å². The van der Waals surface area contributed by atoms with Crippen molar-refractivity contribution in [2.75, 3.05) is 13.2 Å². The lowest BCUT2D eigenvalue weighted by molar-refractivity contribution is 0.222. The van der Waals surface area contributed by atoms with Crippen LogP contribution in [0.2, 0.25) is 0 Å². The first kappa shape index (κ1) is 10.1. The number of hydrogen-bond donors (Lipinski definition) is 2. The third-order valence-electron chi connectivity index (χ3n) is 2.60. The molecule has 0 bridgehead atoms. The van der Waals surface area contributed by atoms with E-state index in [1.54, 1.807) is 11.3 Å². The van der Waals surface area contributed by atoms with Gasteiger partial charge >= 0.3 is 0 Å². The van der Waals surface area contributed by atoms with Crippen molar-refractivity contribution in [3.8, 4) is 0 Å². The summed E-state index contributed by atoms with van der Waals surface area (Å²) in [5.74, 6) is 0.384. The Morgan fingerprint density at radius 2 is 2.43 bits per heavy atom. The summed E-state index contributed by atoms with van der Waals surface area (Å²) in [6.07, 6.45) is 3.64. The van der Waals surface area contributed by atoms with Crippen LogP contribution in [0.4, 0.5) is 0 Å². The van der Waals surface area contributed by atoms with Crippen molar-refractivity contribution < 1.29 is 5.11 Å². The van der Waals surface area contributed by atoms with Gasteiger partial charge in [0.05, 0.1) is 0 Å². The molecule has 2 rings (SSSR count). The number of aliphatic hydroxyl groups excluding tert-OH is 1. The maximum atomic E-state index is 9.22. The second kappa shape index (κ2) is 4.91. The Hall–Kier alpha value is -0.380. The molecule has 1 aliphatic carbocycles. The van der Waals surface area contributed by atoms with E-state index in [-0.39, 0.29) is 6.61 Å². The maximum Gasteiger partial charge on any atom is 0.0474 e. The van der Waals surface area contributed by atoms with E-state index in [9.17, 15) is 5.11 Å². The summed E-state index contributed by atoms with van der Waals surface area (Å²) in [4.78, 5) is 1.38. The molecule has 3 heteroatoms. The number of hydrogen-bond acceptors (Lipinski definition) is 3. The summed E-state index contributed by atoms with van der Waals surface area (Å²) in [5.41, 5.74) is 0. The first-order chi connectivity index (χ1) is 6.88. The minimum atomic E-state index is 0.289. The van der Waals surface area contributed by atoms with Crippen molar-refractivity contribution in [2.45, 2.75) is 25.3 Å². The van der Waals surface area contributed by atoms with Crippen LogP contribution < -0.4 is 5.32 Å². The van der Waals surface area contributed by atoms with Crippen LogP contribution in [-0.4, -0.2) is 24.3 Å². The summed E-state index contributed by atoms with van der Waals surface area (Å²) >= 11 is 1.78. The normalized spacial score (nSPS) is 18.4. The first-order valence-corrected chi connectivity index (χ1v) is 6.13. The van der Waals surface area contributed by atoms with Crippen LogP contribution in [0.3, 0.4) is 0 Å². The molecule has 1 heterocycles. The Balaban J connectivity index is 1.74. The summed E-state index contributed by atoms with van der Waals surface area (Å²) in [7, 11) is 0. The van der Waals surface area contributed by atoms with Crippen molar-refractivity contribution in [3.05, 3.63) is 22.4 Å². The lowest BCUT2D eigenvalue weighted by Gasteiger charge is -2.13. The van der Waals surface area contributed by atoms with E-state index >= 15 is 0 Å². The highest BCUT2D eigenvalue weighted by molar-refractivity contribution is 7.09. The largest absolute Gasteiger partial charge is 0.396 e. The van der Waals surface area contributed by atoms with Crippen LogP contribution in [0.25, 0.3) is 0 Å². The van der Waals surface area contributed by atoms with Crippen molar-refractivity contribution in [1.29, 1.82) is 0 Å². The zero-order valence-corrected chi connectivity index (χ0v) is 9.09. The van der Waals surface area contributed by atoms with Gasteiger partial charge < -0.3 is 10.4 Å². The van der Waals surface area contributed by atoms with Crippen LogP contribution in [0.1, 0.15) is 17.7 Å². The van der Waals surface area contributed by atoms with Gasteiger partial charge in [-0.2, -0.15) is 0 Å². The third-order valence-corrected chi connectivity index (χ3v) is 3.50. The van der Waals surface area contributed by atoms with E-state index in [4.69, 9.17) is 0 Å². The standard InChI is InChI=1S/C11H17NOS/c13-8-9(7-12-10-3-4-10)6-11-2-1-5-14-11/h1-2,5,9-10,12-13H,3-4,6-8H2. The highest BCUT2D eigenvalue weighted by atomic mass is 32.1. The average Bonchev–Trinajstić information content (AvgIpc) is 2.90. The Labute approximate surface area is 89.0 Å². The van der Waals surface area contributed by atoms with Crippen LogP contribution in [0, 0.1) is 5.92 Å². The van der Waals surface area contributed by atoms with E-state index < -0.39 is 0 Å². The van der Waals surface area contributed by atoms with Crippen molar-refractivity contribution in [3.63, 3.8) is 0 Å². The number of nitrogens with one attached hydrogen (secondary N) is 1. The summed E-state index contributed by atoms with van der Waals surface area (Å²) in [5, 5.41) is 14.8. The molecule has 0 spiro atoms. The molecule has 1 unspecified atom stereocenters. The van der Waals surface area contributed by atoms with E-state index in [0.29, 0.717) is 5.92 Å². The smallest absolute Gasteiger partial charge is 0.0474 e. The fraction of sp³-hybridized carbons (Fsp3) is 0.636. The fourth-order valence-corrected chi connectivity index (χ4v) is 2.36. The Morgan fingerprint density at radius 3 is 3.00 bits per heavy atom. The molecule has 1 fully saturated rings. The van der Waals surface area contributed by atoms with Crippen LogP contribution in [-0.2, 0) is 6.42 Å². The lowest BCUT2D eigenvalue weighted by atomic mass is 10.1. The van der Waals surface area contributed by atoms with Crippen molar-refractivity contribution in [1.82, 2.24) is 5.32 Å². The minimum absolute atomic E-state index is 0.289. The molecule has 78 valence electrons. The predicted molar refractivity (Wildman–Crippen MR) is 59.6 cm³/mol. The highest BCUT2D eigenvalue weighted by Gasteiger charge is 2.21. The Kier molecular flexibility index (Phi) is 3.56. The van der Waals surface area contributed by atoms with Crippen LogP contribution >= 0.6 is 11.3 Å². The van der Waals surface area contributed by atoms with Gasteiger partial charge in [-0.25, -0.2) is 0 Å². The van der Waals surface area contributed by atoms with Gasteiger partial charge in [-0.15, -0.1) is 11.3 Å². The quantitative estimate of drug-likeness (QED) is 0.750. The molecule has 14 heavy (non-hydrogen) atoms. The van der Waals surface area contributed by atoms with Gasteiger partial charge in [0.15, 0.2) is 0 Å². The second-order valence-electron chi connectivity index (χ2n) is 4.01. The molecular weight excluding hydrogens is 194 g/mol. The molecule has 0 radical (unpaired) electrons. The average molecular weight is 211 g/mol.